The molecule has 0 radical (unpaired) electrons. The zero-order valence-electron chi connectivity index (χ0n) is 15.8. The van der Waals surface area contributed by atoms with Crippen LogP contribution in [-0.4, -0.2) is 30.5 Å². The number of methoxy groups -OCH3 is 1. The lowest BCUT2D eigenvalue weighted by Crippen LogP contribution is -2.20. The van der Waals surface area contributed by atoms with Crippen molar-refractivity contribution in [2.45, 2.75) is 6.42 Å². The van der Waals surface area contributed by atoms with Gasteiger partial charge in [0.1, 0.15) is 0 Å². The van der Waals surface area contributed by atoms with Gasteiger partial charge in [-0.1, -0.05) is 35.3 Å². The van der Waals surface area contributed by atoms with Gasteiger partial charge in [0.25, 0.3) is 11.8 Å². The molecule has 156 valence electrons. The van der Waals surface area contributed by atoms with Crippen molar-refractivity contribution < 1.29 is 19.1 Å². The molecule has 1 aromatic heterocycles. The summed E-state index contributed by atoms with van der Waals surface area (Å²) in [6.45, 7) is -0.364. The molecule has 2 amide bonds. The maximum atomic E-state index is 12.6. The molecule has 0 spiro atoms. The summed E-state index contributed by atoms with van der Waals surface area (Å²) in [5.74, 6) is -0.734. The number of nitrogens with one attached hydrogen (secondary N) is 1. The Hall–Kier alpha value is -2.81. The normalized spacial score (nSPS) is 10.5. The van der Waals surface area contributed by atoms with E-state index in [1.807, 2.05) is 24.3 Å². The molecule has 1 heterocycles. The molecule has 3 N–H and O–H groups in total. The molecular weight excluding hydrogens is 449 g/mol. The molecule has 7 nitrogen and oxygen atoms in total. The van der Waals surface area contributed by atoms with E-state index >= 15 is 0 Å². The van der Waals surface area contributed by atoms with Gasteiger partial charge in [-0.25, -0.2) is 4.98 Å². The SMILES string of the molecule is COc1cc(C(=O)Nc2ncc(Cc3ccc(Cl)cc3)s2)cc(Cl)c1OCC(N)=O. The van der Waals surface area contributed by atoms with Crippen LogP contribution in [-0.2, 0) is 11.2 Å². The van der Waals surface area contributed by atoms with Crippen LogP contribution < -0.4 is 20.5 Å². The van der Waals surface area contributed by atoms with E-state index in [1.165, 1.54) is 30.6 Å². The van der Waals surface area contributed by atoms with Crippen LogP contribution in [0.4, 0.5) is 5.13 Å². The number of aromatic nitrogens is 1. The molecule has 30 heavy (non-hydrogen) atoms. The maximum absolute atomic E-state index is 12.6. The highest BCUT2D eigenvalue weighted by Gasteiger charge is 2.17. The molecule has 0 aliphatic rings. The average Bonchev–Trinajstić information content (AvgIpc) is 3.14. The number of ether oxygens (including phenoxy) is 2. The third-order valence-electron chi connectivity index (χ3n) is 3.92. The minimum absolute atomic E-state index is 0.114. The van der Waals surface area contributed by atoms with Gasteiger partial charge in [-0.05, 0) is 29.8 Å². The number of carbonyl (C=O) groups is 2. The van der Waals surface area contributed by atoms with Gasteiger partial charge in [0, 0.05) is 28.1 Å². The molecular formula is C20H17Cl2N3O4S. The summed E-state index contributed by atoms with van der Waals surface area (Å²) in [5.41, 5.74) is 6.41. The van der Waals surface area contributed by atoms with Crippen molar-refractivity contribution in [1.29, 1.82) is 0 Å². The van der Waals surface area contributed by atoms with Gasteiger partial charge in [0.2, 0.25) is 0 Å². The summed E-state index contributed by atoms with van der Waals surface area (Å²) in [5, 5.41) is 3.98. The molecule has 0 atom stereocenters. The molecule has 10 heteroatoms. The van der Waals surface area contributed by atoms with Gasteiger partial charge in [0.05, 0.1) is 12.1 Å². The number of amides is 2. The van der Waals surface area contributed by atoms with Crippen LogP contribution in [0, 0.1) is 0 Å². The number of nitrogens with zero attached hydrogens (tertiary/aromatic N) is 1. The Morgan fingerprint density at radius 3 is 2.60 bits per heavy atom. The molecule has 0 saturated heterocycles. The average molecular weight is 466 g/mol. The van der Waals surface area contributed by atoms with Crippen LogP contribution in [0.1, 0.15) is 20.8 Å². The Labute approximate surface area is 186 Å². The number of thiazole rings is 1. The van der Waals surface area contributed by atoms with Crippen molar-refractivity contribution in [3.8, 4) is 11.5 Å². The first-order chi connectivity index (χ1) is 14.4. The molecule has 0 saturated carbocycles. The minimum atomic E-state index is -0.659. The van der Waals surface area contributed by atoms with Crippen LogP contribution in [0.5, 0.6) is 11.5 Å². The second kappa shape index (κ2) is 9.80. The number of halogens is 2. The van der Waals surface area contributed by atoms with Crippen molar-refractivity contribution in [3.63, 3.8) is 0 Å². The Balaban J connectivity index is 1.71. The lowest BCUT2D eigenvalue weighted by molar-refractivity contribution is -0.119. The van der Waals surface area contributed by atoms with Gasteiger partial charge < -0.3 is 15.2 Å². The van der Waals surface area contributed by atoms with Crippen molar-refractivity contribution in [2.75, 3.05) is 19.0 Å². The summed E-state index contributed by atoms with van der Waals surface area (Å²) in [7, 11) is 1.40. The molecule has 0 fully saturated rings. The first kappa shape index (κ1) is 21.9. The van der Waals surface area contributed by atoms with Crippen molar-refractivity contribution in [3.05, 3.63) is 68.6 Å². The van der Waals surface area contributed by atoms with Crippen molar-refractivity contribution in [2.24, 2.45) is 5.73 Å². The van der Waals surface area contributed by atoms with E-state index in [2.05, 4.69) is 10.3 Å². The largest absolute Gasteiger partial charge is 0.493 e. The quantitative estimate of drug-likeness (QED) is 0.519. The highest BCUT2D eigenvalue weighted by molar-refractivity contribution is 7.15. The Bertz CT molecular complexity index is 1070. The summed E-state index contributed by atoms with van der Waals surface area (Å²) in [6.07, 6.45) is 2.39. The third-order valence-corrected chi connectivity index (χ3v) is 5.36. The number of hydrogen-bond donors (Lipinski definition) is 2. The van der Waals surface area contributed by atoms with E-state index in [0.29, 0.717) is 16.6 Å². The van der Waals surface area contributed by atoms with Gasteiger partial charge in [0.15, 0.2) is 23.2 Å². The van der Waals surface area contributed by atoms with Crippen LogP contribution in [0.15, 0.2) is 42.6 Å². The number of carbonyl (C=O) groups excluding carboxylic acids is 2. The number of benzene rings is 2. The fraction of sp³-hybridized carbons (Fsp3) is 0.150. The molecule has 0 unspecified atom stereocenters. The topological polar surface area (TPSA) is 104 Å². The summed E-state index contributed by atoms with van der Waals surface area (Å²) >= 11 is 13.5. The monoisotopic (exact) mass is 465 g/mol. The van der Waals surface area contributed by atoms with E-state index < -0.39 is 11.8 Å². The second-order valence-corrected chi connectivity index (χ2v) is 8.09. The fourth-order valence-electron chi connectivity index (χ4n) is 2.55. The fourth-order valence-corrected chi connectivity index (χ4v) is 3.79. The summed E-state index contributed by atoms with van der Waals surface area (Å²) < 4.78 is 10.5. The van der Waals surface area contributed by atoms with E-state index in [1.54, 1.807) is 6.20 Å². The van der Waals surface area contributed by atoms with Crippen LogP contribution >= 0.6 is 34.5 Å². The Kier molecular flexibility index (Phi) is 7.15. The highest BCUT2D eigenvalue weighted by Crippen LogP contribution is 2.36. The van der Waals surface area contributed by atoms with Gasteiger partial charge in [-0.2, -0.15) is 0 Å². The predicted octanol–water partition coefficient (Wildman–Crippen LogP) is 4.17. The standard InChI is InChI=1S/C20H17Cl2N3O4S/c1-28-16-8-12(7-15(22)18(16)29-10-17(23)26)19(27)25-20-24-9-14(30-20)6-11-2-4-13(21)5-3-11/h2-5,7-9H,6,10H2,1H3,(H2,23,26)(H,24,25,27). The van der Waals surface area contributed by atoms with Crippen molar-refractivity contribution >= 4 is 51.5 Å². The van der Waals surface area contributed by atoms with E-state index in [-0.39, 0.29) is 28.7 Å². The first-order valence-electron chi connectivity index (χ1n) is 8.65. The lowest BCUT2D eigenvalue weighted by Gasteiger charge is -2.13. The first-order valence-corrected chi connectivity index (χ1v) is 10.2. The van der Waals surface area contributed by atoms with Crippen LogP contribution in [0.25, 0.3) is 0 Å². The Morgan fingerprint density at radius 1 is 1.20 bits per heavy atom. The molecule has 2 aromatic carbocycles. The predicted molar refractivity (Wildman–Crippen MR) is 117 cm³/mol. The van der Waals surface area contributed by atoms with E-state index in [9.17, 15) is 9.59 Å². The molecule has 0 bridgehead atoms. The van der Waals surface area contributed by atoms with Crippen LogP contribution in [0.2, 0.25) is 10.0 Å². The number of rotatable bonds is 8. The van der Waals surface area contributed by atoms with E-state index in [0.717, 1.165) is 10.4 Å². The number of nitrogens with two attached hydrogens (primary N) is 1. The molecule has 0 aliphatic heterocycles. The smallest absolute Gasteiger partial charge is 0.257 e. The van der Waals surface area contributed by atoms with Gasteiger partial charge in [-0.3, -0.25) is 14.9 Å². The third kappa shape index (κ3) is 5.63. The van der Waals surface area contributed by atoms with Gasteiger partial charge in [-0.15, -0.1) is 11.3 Å². The lowest BCUT2D eigenvalue weighted by atomic mass is 10.1. The minimum Gasteiger partial charge on any atom is -0.493 e. The molecule has 3 aromatic rings. The molecule has 0 aliphatic carbocycles. The Morgan fingerprint density at radius 2 is 1.93 bits per heavy atom. The maximum Gasteiger partial charge on any atom is 0.257 e. The summed E-state index contributed by atoms with van der Waals surface area (Å²) in [6, 6.07) is 10.4. The van der Waals surface area contributed by atoms with Gasteiger partial charge >= 0.3 is 0 Å². The number of anilines is 1. The summed E-state index contributed by atoms with van der Waals surface area (Å²) in [4.78, 5) is 28.8. The number of primary amides is 1. The zero-order valence-corrected chi connectivity index (χ0v) is 18.1. The second-order valence-electron chi connectivity index (χ2n) is 6.13. The zero-order chi connectivity index (χ0) is 21.7. The van der Waals surface area contributed by atoms with E-state index in [4.69, 9.17) is 38.4 Å². The van der Waals surface area contributed by atoms with Crippen LogP contribution in [0.3, 0.4) is 0 Å². The number of hydrogen-bond acceptors (Lipinski definition) is 6. The van der Waals surface area contributed by atoms with Crippen molar-refractivity contribution in [1.82, 2.24) is 4.98 Å². The highest BCUT2D eigenvalue weighted by atomic mass is 35.5. The molecule has 3 rings (SSSR count).